The molecular weight excluding hydrogens is 188 g/mol. The highest BCUT2D eigenvalue weighted by Gasteiger charge is 2.07. The first-order valence-corrected chi connectivity index (χ1v) is 4.06. The summed E-state index contributed by atoms with van der Waals surface area (Å²) < 4.78 is 26.0. The average Bonchev–Trinajstić information content (AvgIpc) is 2.07. The zero-order valence-corrected chi connectivity index (χ0v) is 7.40. The van der Waals surface area contributed by atoms with Crippen molar-refractivity contribution in [3.05, 3.63) is 45.9 Å². The third kappa shape index (κ3) is 1.28. The van der Waals surface area contributed by atoms with Gasteiger partial charge >= 0.3 is 0 Å². The minimum Gasteiger partial charge on any atom is -0.326 e. The van der Waals surface area contributed by atoms with Gasteiger partial charge in [0.25, 0.3) is 5.56 Å². The van der Waals surface area contributed by atoms with Crippen LogP contribution in [0, 0.1) is 18.6 Å². The van der Waals surface area contributed by atoms with Crippen molar-refractivity contribution in [2.45, 2.75) is 6.92 Å². The van der Waals surface area contributed by atoms with Gasteiger partial charge in [-0.3, -0.25) is 4.79 Å². The molecule has 0 bridgehead atoms. The summed E-state index contributed by atoms with van der Waals surface area (Å²) >= 11 is 0. The highest BCUT2D eigenvalue weighted by atomic mass is 19.1. The van der Waals surface area contributed by atoms with E-state index in [0.29, 0.717) is 5.69 Å². The van der Waals surface area contributed by atoms with Crippen LogP contribution in [0.3, 0.4) is 0 Å². The van der Waals surface area contributed by atoms with Gasteiger partial charge in [-0.15, -0.1) is 0 Å². The van der Waals surface area contributed by atoms with Crippen LogP contribution in [0.5, 0.6) is 0 Å². The molecule has 0 saturated carbocycles. The van der Waals surface area contributed by atoms with Crippen LogP contribution in [-0.4, -0.2) is 4.98 Å². The van der Waals surface area contributed by atoms with Crippen molar-refractivity contribution < 1.29 is 8.78 Å². The van der Waals surface area contributed by atoms with Gasteiger partial charge in [-0.25, -0.2) is 8.78 Å². The number of halogens is 2. The fourth-order valence-corrected chi connectivity index (χ4v) is 1.42. The zero-order valence-electron chi connectivity index (χ0n) is 7.40. The number of aryl methyl sites for hydroxylation is 1. The number of hydrogen-bond donors (Lipinski definition) is 1. The summed E-state index contributed by atoms with van der Waals surface area (Å²) in [6.45, 7) is 1.64. The van der Waals surface area contributed by atoms with Gasteiger partial charge in [0.15, 0.2) is 0 Å². The first-order chi connectivity index (χ1) is 6.58. The monoisotopic (exact) mass is 195 g/mol. The molecule has 0 amide bonds. The Morgan fingerprint density at radius 1 is 1.14 bits per heavy atom. The van der Waals surface area contributed by atoms with Gasteiger partial charge in [0, 0.05) is 17.1 Å². The first kappa shape index (κ1) is 8.87. The summed E-state index contributed by atoms with van der Waals surface area (Å²) in [5, 5.41) is 0.181. The number of aromatic amines is 1. The topological polar surface area (TPSA) is 32.9 Å². The van der Waals surface area contributed by atoms with Crippen molar-refractivity contribution in [3.63, 3.8) is 0 Å². The van der Waals surface area contributed by atoms with E-state index < -0.39 is 17.2 Å². The van der Waals surface area contributed by atoms with E-state index in [1.807, 2.05) is 0 Å². The standard InChI is InChI=1S/C10H7F2NO/c1-5-2-7-8(10(14)13-5)3-6(11)4-9(7)12/h2-4H,1H3,(H,13,14). The minimum absolute atomic E-state index is 0.0353. The summed E-state index contributed by atoms with van der Waals surface area (Å²) in [4.78, 5) is 13.8. The Labute approximate surface area is 78.2 Å². The lowest BCUT2D eigenvalue weighted by atomic mass is 10.1. The summed E-state index contributed by atoms with van der Waals surface area (Å²) in [6.07, 6.45) is 0. The lowest BCUT2D eigenvalue weighted by Gasteiger charge is -2.00. The Balaban J connectivity index is 3.02. The van der Waals surface area contributed by atoms with Crippen molar-refractivity contribution in [1.82, 2.24) is 4.98 Å². The number of rotatable bonds is 0. The fourth-order valence-electron chi connectivity index (χ4n) is 1.42. The van der Waals surface area contributed by atoms with Crippen molar-refractivity contribution in [3.8, 4) is 0 Å². The number of pyridine rings is 1. The third-order valence-corrected chi connectivity index (χ3v) is 2.01. The maximum absolute atomic E-state index is 13.2. The highest BCUT2D eigenvalue weighted by Crippen LogP contribution is 2.16. The SMILES string of the molecule is Cc1cc2c(F)cc(F)cc2c(=O)[nH]1. The Morgan fingerprint density at radius 2 is 1.86 bits per heavy atom. The van der Waals surface area contributed by atoms with Crippen LogP contribution in [0.4, 0.5) is 8.78 Å². The van der Waals surface area contributed by atoms with Crippen molar-refractivity contribution >= 4 is 10.8 Å². The highest BCUT2D eigenvalue weighted by molar-refractivity contribution is 5.82. The summed E-state index contributed by atoms with van der Waals surface area (Å²) in [5.74, 6) is -1.46. The van der Waals surface area contributed by atoms with Gasteiger partial charge in [0.2, 0.25) is 0 Å². The van der Waals surface area contributed by atoms with Crippen molar-refractivity contribution in [2.75, 3.05) is 0 Å². The van der Waals surface area contributed by atoms with Gasteiger partial charge in [-0.1, -0.05) is 0 Å². The largest absolute Gasteiger partial charge is 0.326 e. The number of benzene rings is 1. The number of hydrogen-bond acceptors (Lipinski definition) is 1. The molecule has 1 aromatic heterocycles. The number of fused-ring (bicyclic) bond motifs is 1. The minimum atomic E-state index is -0.746. The molecule has 0 aliphatic rings. The summed E-state index contributed by atoms with van der Waals surface area (Å²) in [6, 6.07) is 3.27. The Morgan fingerprint density at radius 3 is 2.57 bits per heavy atom. The molecule has 0 fully saturated rings. The number of nitrogens with one attached hydrogen (secondary N) is 1. The third-order valence-electron chi connectivity index (χ3n) is 2.01. The molecule has 1 aromatic carbocycles. The molecule has 0 saturated heterocycles. The smallest absolute Gasteiger partial charge is 0.256 e. The van der Waals surface area contributed by atoms with Crippen LogP contribution in [0.2, 0.25) is 0 Å². The molecule has 0 atom stereocenters. The quantitative estimate of drug-likeness (QED) is 0.686. The van der Waals surface area contributed by atoms with Crippen LogP contribution >= 0.6 is 0 Å². The lowest BCUT2D eigenvalue weighted by molar-refractivity contribution is 0.591. The van der Waals surface area contributed by atoms with Crippen LogP contribution in [0.15, 0.2) is 23.0 Å². The molecule has 2 nitrogen and oxygen atoms in total. The Kier molecular flexibility index (Phi) is 1.84. The van der Waals surface area contributed by atoms with E-state index in [4.69, 9.17) is 0 Å². The molecule has 0 aliphatic carbocycles. The summed E-state index contributed by atoms with van der Waals surface area (Å²) in [5.41, 5.74) is 0.0754. The second-order valence-electron chi connectivity index (χ2n) is 3.13. The fraction of sp³-hybridized carbons (Fsp3) is 0.100. The molecule has 0 spiro atoms. The van der Waals surface area contributed by atoms with Crippen LogP contribution in [-0.2, 0) is 0 Å². The van der Waals surface area contributed by atoms with Crippen LogP contribution in [0.25, 0.3) is 10.8 Å². The van der Waals surface area contributed by atoms with Crippen LogP contribution in [0.1, 0.15) is 5.69 Å². The second-order valence-corrected chi connectivity index (χ2v) is 3.13. The normalized spacial score (nSPS) is 10.8. The zero-order chi connectivity index (χ0) is 10.3. The Bertz CT molecular complexity index is 560. The van der Waals surface area contributed by atoms with Gasteiger partial charge in [-0.05, 0) is 19.1 Å². The number of H-pyrrole nitrogens is 1. The molecule has 2 rings (SSSR count). The predicted octanol–water partition coefficient (Wildman–Crippen LogP) is 2.11. The van der Waals surface area contributed by atoms with Gasteiger partial charge in [0.1, 0.15) is 11.6 Å². The maximum atomic E-state index is 13.2. The molecule has 1 N–H and O–H groups in total. The molecule has 72 valence electrons. The average molecular weight is 195 g/mol. The van der Waals surface area contributed by atoms with Gasteiger partial charge in [-0.2, -0.15) is 0 Å². The molecular formula is C10H7F2NO. The predicted molar refractivity (Wildman–Crippen MR) is 49.2 cm³/mol. The molecule has 0 radical (unpaired) electrons. The second kappa shape index (κ2) is 2.90. The van der Waals surface area contributed by atoms with E-state index in [-0.39, 0.29) is 10.8 Å². The van der Waals surface area contributed by atoms with Crippen molar-refractivity contribution in [2.24, 2.45) is 0 Å². The van der Waals surface area contributed by atoms with E-state index >= 15 is 0 Å². The summed E-state index contributed by atoms with van der Waals surface area (Å²) in [7, 11) is 0. The lowest BCUT2D eigenvalue weighted by Crippen LogP contribution is -2.08. The maximum Gasteiger partial charge on any atom is 0.256 e. The van der Waals surface area contributed by atoms with E-state index in [2.05, 4.69) is 4.98 Å². The molecule has 2 aromatic rings. The first-order valence-electron chi connectivity index (χ1n) is 4.06. The van der Waals surface area contributed by atoms with E-state index in [1.165, 1.54) is 6.07 Å². The van der Waals surface area contributed by atoms with Crippen molar-refractivity contribution in [1.29, 1.82) is 0 Å². The molecule has 1 heterocycles. The van der Waals surface area contributed by atoms with E-state index in [1.54, 1.807) is 6.92 Å². The Hall–Kier alpha value is -1.71. The number of aromatic nitrogens is 1. The molecule has 4 heteroatoms. The van der Waals surface area contributed by atoms with E-state index in [0.717, 1.165) is 12.1 Å². The van der Waals surface area contributed by atoms with E-state index in [9.17, 15) is 13.6 Å². The molecule has 14 heavy (non-hydrogen) atoms. The van der Waals surface area contributed by atoms with Gasteiger partial charge < -0.3 is 4.98 Å². The molecule has 0 aliphatic heterocycles. The van der Waals surface area contributed by atoms with Crippen LogP contribution < -0.4 is 5.56 Å². The molecule has 0 unspecified atom stereocenters. The van der Waals surface area contributed by atoms with Gasteiger partial charge in [0.05, 0.1) is 5.39 Å².